The molecule has 0 saturated carbocycles. The van der Waals surface area contributed by atoms with E-state index in [2.05, 4.69) is 38.2 Å². The summed E-state index contributed by atoms with van der Waals surface area (Å²) in [6, 6.07) is 0. The zero-order chi connectivity index (χ0) is 26.7. The molecular weight excluding hydrogens is 471 g/mol. The molecule has 0 N–H and O–H groups in total. The molecule has 0 aromatic carbocycles. The monoisotopic (exact) mass is 543 g/mol. The van der Waals surface area contributed by atoms with Crippen LogP contribution in [-0.4, -0.2) is 42.8 Å². The molecule has 0 rings (SSSR count). The van der Waals surface area contributed by atoms with Crippen molar-refractivity contribution >= 4 is 29.6 Å². The van der Waals surface area contributed by atoms with E-state index in [1.54, 1.807) is 0 Å². The number of ether oxygens (including phenoxy) is 1. The second-order valence-corrected chi connectivity index (χ2v) is 11.5. The van der Waals surface area contributed by atoms with Crippen LogP contribution in [0.2, 0.25) is 0 Å². The number of allylic oxidation sites excluding steroid dienone is 4. The summed E-state index contributed by atoms with van der Waals surface area (Å²) < 4.78 is 5.85. The van der Waals surface area contributed by atoms with Gasteiger partial charge in [-0.3, -0.25) is 0 Å². The topological polar surface area (TPSA) is 9.23 Å². The molecule has 0 spiro atoms. The Morgan fingerprint density at radius 2 is 0.553 bits per heavy atom. The van der Waals surface area contributed by atoms with E-state index in [0.717, 1.165) is 13.2 Å². The van der Waals surface area contributed by atoms with Gasteiger partial charge >= 0.3 is 29.6 Å². The number of hydrogen-bond donors (Lipinski definition) is 0. The molecule has 0 bridgehead atoms. The minimum absolute atomic E-state index is 0. The summed E-state index contributed by atoms with van der Waals surface area (Å²) in [6.45, 7) is 6.54. The maximum absolute atomic E-state index is 5.85. The molecule has 0 radical (unpaired) electrons. The summed E-state index contributed by atoms with van der Waals surface area (Å²) in [5.41, 5.74) is 0. The van der Waals surface area contributed by atoms with Gasteiger partial charge in [-0.05, 0) is 64.2 Å². The van der Waals surface area contributed by atoms with Gasteiger partial charge in [0.15, 0.2) is 0 Å². The van der Waals surface area contributed by atoms with Crippen molar-refractivity contribution in [2.75, 3.05) is 13.2 Å². The average Bonchev–Trinajstić information content (AvgIpc) is 2.91. The normalized spacial score (nSPS) is 11.6. The zero-order valence-corrected chi connectivity index (χ0v) is 25.9. The van der Waals surface area contributed by atoms with Crippen LogP contribution in [0.5, 0.6) is 0 Å². The van der Waals surface area contributed by atoms with Gasteiger partial charge in [-0.25, -0.2) is 0 Å². The molecule has 222 valence electrons. The van der Waals surface area contributed by atoms with Crippen LogP contribution in [0, 0.1) is 0 Å². The summed E-state index contributed by atoms with van der Waals surface area (Å²) >= 11 is 0. The summed E-state index contributed by atoms with van der Waals surface area (Å²) in [5.74, 6) is 0. The van der Waals surface area contributed by atoms with Crippen molar-refractivity contribution in [3.8, 4) is 0 Å². The Kier molecular flexibility index (Phi) is 42.3. The van der Waals surface area contributed by atoms with Gasteiger partial charge in [0.25, 0.3) is 0 Å². The van der Waals surface area contributed by atoms with Crippen molar-refractivity contribution in [1.82, 2.24) is 0 Å². The third kappa shape index (κ3) is 38.6. The standard InChI is InChI=1S/C36H70O.Na.H/c1-3-5-7-9-11-13-15-17-19-21-23-25-27-29-31-33-35-37-36-34-32-30-28-26-24-22-20-18-16-14-12-10-8-6-4-2;;/h17-20H,3-16,21-36H2,1-2H3;;/b19-17-,20-18-;;. The van der Waals surface area contributed by atoms with E-state index >= 15 is 0 Å². The third-order valence-electron chi connectivity index (χ3n) is 7.60. The first-order valence-electron chi connectivity index (χ1n) is 17.3. The number of rotatable bonds is 32. The third-order valence-corrected chi connectivity index (χ3v) is 7.60. The molecule has 0 saturated heterocycles. The van der Waals surface area contributed by atoms with Crippen molar-refractivity contribution in [3.63, 3.8) is 0 Å². The SMILES string of the molecule is CCCCCCCC/C=C\CCCCCCCCOCCCCCCCC/C=C\CCCCCCCC.[NaH]. The molecule has 0 atom stereocenters. The van der Waals surface area contributed by atoms with Gasteiger partial charge in [0.05, 0.1) is 0 Å². The minimum atomic E-state index is 0. The molecule has 0 heterocycles. The Labute approximate surface area is 264 Å². The van der Waals surface area contributed by atoms with Gasteiger partial charge in [-0.15, -0.1) is 0 Å². The fourth-order valence-electron chi connectivity index (χ4n) is 5.01. The van der Waals surface area contributed by atoms with Crippen LogP contribution >= 0.6 is 0 Å². The van der Waals surface area contributed by atoms with Crippen molar-refractivity contribution < 1.29 is 4.74 Å². The molecule has 2 heteroatoms. The fourth-order valence-corrected chi connectivity index (χ4v) is 5.01. The van der Waals surface area contributed by atoms with E-state index < -0.39 is 0 Å². The maximum atomic E-state index is 5.85. The van der Waals surface area contributed by atoms with E-state index in [4.69, 9.17) is 4.74 Å². The zero-order valence-electron chi connectivity index (χ0n) is 25.9. The molecule has 1 nitrogen and oxygen atoms in total. The van der Waals surface area contributed by atoms with E-state index in [0.29, 0.717) is 0 Å². The van der Waals surface area contributed by atoms with Gasteiger partial charge in [0.2, 0.25) is 0 Å². The average molecular weight is 543 g/mol. The van der Waals surface area contributed by atoms with Crippen LogP contribution in [0.25, 0.3) is 0 Å². The van der Waals surface area contributed by atoms with Crippen LogP contribution in [0.4, 0.5) is 0 Å². The quantitative estimate of drug-likeness (QED) is 0.0466. The summed E-state index contributed by atoms with van der Waals surface area (Å²) in [4.78, 5) is 0. The first-order chi connectivity index (χ1) is 18.4. The molecule has 0 aliphatic carbocycles. The van der Waals surface area contributed by atoms with Crippen LogP contribution in [0.1, 0.15) is 194 Å². The molecule has 0 fully saturated rings. The van der Waals surface area contributed by atoms with Crippen LogP contribution < -0.4 is 0 Å². The van der Waals surface area contributed by atoms with Gasteiger partial charge in [-0.2, -0.15) is 0 Å². The van der Waals surface area contributed by atoms with Crippen molar-refractivity contribution in [3.05, 3.63) is 24.3 Å². The van der Waals surface area contributed by atoms with Crippen molar-refractivity contribution in [2.45, 2.75) is 194 Å². The molecule has 0 aliphatic rings. The molecular formula is C36H71NaO. The van der Waals surface area contributed by atoms with Crippen molar-refractivity contribution in [2.24, 2.45) is 0 Å². The Morgan fingerprint density at radius 1 is 0.316 bits per heavy atom. The molecule has 0 aromatic rings. The Balaban J connectivity index is 0. The predicted molar refractivity (Wildman–Crippen MR) is 177 cm³/mol. The van der Waals surface area contributed by atoms with Crippen LogP contribution in [-0.2, 0) is 4.74 Å². The molecule has 0 amide bonds. The Hall–Kier alpha value is 0.440. The van der Waals surface area contributed by atoms with Gasteiger partial charge in [-0.1, -0.05) is 154 Å². The van der Waals surface area contributed by atoms with Gasteiger partial charge in [0, 0.05) is 13.2 Å². The Morgan fingerprint density at radius 3 is 0.842 bits per heavy atom. The van der Waals surface area contributed by atoms with Crippen molar-refractivity contribution in [1.29, 1.82) is 0 Å². The fraction of sp³-hybridized carbons (Fsp3) is 0.889. The second kappa shape index (κ2) is 39.6. The van der Waals surface area contributed by atoms with Crippen LogP contribution in [0.15, 0.2) is 24.3 Å². The molecule has 0 unspecified atom stereocenters. The van der Waals surface area contributed by atoms with E-state index in [9.17, 15) is 0 Å². The Bertz CT molecular complexity index is 405. The van der Waals surface area contributed by atoms with Gasteiger partial charge < -0.3 is 4.74 Å². The first-order valence-corrected chi connectivity index (χ1v) is 17.3. The first kappa shape index (κ1) is 40.6. The number of hydrogen-bond acceptors (Lipinski definition) is 1. The summed E-state index contributed by atoms with van der Waals surface area (Å²) in [7, 11) is 0. The molecule has 0 aromatic heterocycles. The molecule has 38 heavy (non-hydrogen) atoms. The summed E-state index contributed by atoms with van der Waals surface area (Å²) in [6.07, 6.45) is 48.1. The van der Waals surface area contributed by atoms with Crippen LogP contribution in [0.3, 0.4) is 0 Å². The van der Waals surface area contributed by atoms with E-state index in [1.807, 2.05) is 0 Å². The predicted octanol–water partition coefficient (Wildman–Crippen LogP) is 12.4. The van der Waals surface area contributed by atoms with E-state index in [1.165, 1.54) is 180 Å². The van der Waals surface area contributed by atoms with Gasteiger partial charge in [0.1, 0.15) is 0 Å². The number of unbranched alkanes of at least 4 members (excludes halogenated alkanes) is 24. The summed E-state index contributed by atoms with van der Waals surface area (Å²) in [5, 5.41) is 0. The second-order valence-electron chi connectivity index (χ2n) is 11.5. The van der Waals surface area contributed by atoms with E-state index in [-0.39, 0.29) is 29.6 Å². The molecule has 0 aliphatic heterocycles.